The normalized spacial score (nSPS) is 15.3. The number of thiophene rings is 1. The molecule has 1 aliphatic heterocycles. The number of aryl methyl sites for hydroxylation is 1. The summed E-state index contributed by atoms with van der Waals surface area (Å²) in [6.07, 6.45) is 0. The van der Waals surface area contributed by atoms with E-state index in [0.717, 1.165) is 51.0 Å². The molecule has 0 bridgehead atoms. The van der Waals surface area contributed by atoms with Gasteiger partial charge in [0.05, 0.1) is 13.2 Å². The van der Waals surface area contributed by atoms with Crippen LogP contribution in [0.15, 0.2) is 12.1 Å². The van der Waals surface area contributed by atoms with Gasteiger partial charge in [0.2, 0.25) is 0 Å². The topological polar surface area (TPSA) is 46.4 Å². The summed E-state index contributed by atoms with van der Waals surface area (Å²) in [5, 5.41) is 8.66. The van der Waals surface area contributed by atoms with E-state index in [1.165, 1.54) is 9.75 Å². The highest BCUT2D eigenvalue weighted by Crippen LogP contribution is 2.20. The average molecular weight is 335 g/mol. The lowest BCUT2D eigenvalue weighted by Crippen LogP contribution is -2.33. The van der Waals surface area contributed by atoms with Crippen molar-refractivity contribution in [3.8, 4) is 0 Å². The van der Waals surface area contributed by atoms with Crippen molar-refractivity contribution in [3.05, 3.63) is 33.5 Å². The Morgan fingerprint density at radius 1 is 1.26 bits per heavy atom. The minimum Gasteiger partial charge on any atom is -0.372 e. The Hall–Kier alpha value is -1.28. The maximum atomic E-state index is 5.70. The molecule has 6 nitrogen and oxygen atoms in total. The van der Waals surface area contributed by atoms with E-state index in [1.54, 1.807) is 0 Å². The molecule has 2 aromatic heterocycles. The van der Waals surface area contributed by atoms with Crippen LogP contribution in [-0.4, -0.2) is 58.4 Å². The number of aromatic nitrogens is 3. The molecule has 3 rings (SSSR count). The molecule has 0 amide bonds. The number of rotatable bonds is 7. The third-order valence-electron chi connectivity index (χ3n) is 4.00. The van der Waals surface area contributed by atoms with Gasteiger partial charge in [0.15, 0.2) is 5.82 Å². The summed E-state index contributed by atoms with van der Waals surface area (Å²) < 4.78 is 7.92. The second kappa shape index (κ2) is 7.53. The molecule has 1 aliphatic rings. The Labute approximate surface area is 141 Å². The molecule has 0 aromatic carbocycles. The third kappa shape index (κ3) is 4.38. The summed E-state index contributed by atoms with van der Waals surface area (Å²) in [6.45, 7) is 8.19. The highest BCUT2D eigenvalue weighted by atomic mass is 32.1. The lowest BCUT2D eigenvalue weighted by atomic mass is 10.3. The molecule has 0 saturated carbocycles. The summed E-state index contributed by atoms with van der Waals surface area (Å²) in [5.41, 5.74) is 0. The quantitative estimate of drug-likeness (QED) is 0.721. The molecule has 0 saturated heterocycles. The molecular formula is C16H25N5OS. The first-order valence-electron chi connectivity index (χ1n) is 8.03. The predicted octanol–water partition coefficient (Wildman–Crippen LogP) is 1.74. The van der Waals surface area contributed by atoms with E-state index in [-0.39, 0.29) is 0 Å². The monoisotopic (exact) mass is 335 g/mol. The zero-order valence-corrected chi connectivity index (χ0v) is 15.0. The SMILES string of the molecule is Cc1ccc(CN2CCn3c(COCCN(C)C)nnc3C2)s1. The van der Waals surface area contributed by atoms with Crippen molar-refractivity contribution in [3.63, 3.8) is 0 Å². The molecule has 7 heteroatoms. The maximum Gasteiger partial charge on any atom is 0.159 e. The second-order valence-corrected chi connectivity index (χ2v) is 7.64. The number of nitrogens with zero attached hydrogens (tertiary/aromatic N) is 5. The lowest BCUT2D eigenvalue weighted by Gasteiger charge is -2.27. The van der Waals surface area contributed by atoms with Gasteiger partial charge in [0.25, 0.3) is 0 Å². The predicted molar refractivity (Wildman–Crippen MR) is 91.4 cm³/mol. The van der Waals surface area contributed by atoms with Crippen LogP contribution >= 0.6 is 11.3 Å². The summed E-state index contributed by atoms with van der Waals surface area (Å²) in [7, 11) is 4.10. The highest BCUT2D eigenvalue weighted by molar-refractivity contribution is 7.11. The molecule has 0 aliphatic carbocycles. The minimum absolute atomic E-state index is 0.547. The van der Waals surface area contributed by atoms with Gasteiger partial charge in [-0.1, -0.05) is 0 Å². The van der Waals surface area contributed by atoms with Crippen LogP contribution in [-0.2, 0) is 31.0 Å². The number of ether oxygens (including phenoxy) is 1. The Morgan fingerprint density at radius 3 is 2.87 bits per heavy atom. The van der Waals surface area contributed by atoms with E-state index < -0.39 is 0 Å². The third-order valence-corrected chi connectivity index (χ3v) is 4.98. The molecule has 0 unspecified atom stereocenters. The summed E-state index contributed by atoms with van der Waals surface area (Å²) >= 11 is 1.88. The van der Waals surface area contributed by atoms with E-state index in [0.29, 0.717) is 6.61 Å². The van der Waals surface area contributed by atoms with E-state index in [2.05, 4.69) is 43.6 Å². The molecule has 0 fully saturated rings. The first-order chi connectivity index (χ1) is 11.1. The summed E-state index contributed by atoms with van der Waals surface area (Å²) in [6, 6.07) is 4.42. The molecule has 0 atom stereocenters. The van der Waals surface area contributed by atoms with Crippen LogP contribution in [0.4, 0.5) is 0 Å². The van der Waals surface area contributed by atoms with Gasteiger partial charge in [-0.05, 0) is 33.2 Å². The average Bonchev–Trinajstić information content (AvgIpc) is 3.10. The van der Waals surface area contributed by atoms with Gasteiger partial charge < -0.3 is 14.2 Å². The van der Waals surface area contributed by atoms with Crippen molar-refractivity contribution < 1.29 is 4.74 Å². The van der Waals surface area contributed by atoms with Crippen LogP contribution in [0.3, 0.4) is 0 Å². The Bertz CT molecular complexity index is 636. The minimum atomic E-state index is 0.547. The number of likely N-dealkylation sites (N-methyl/N-ethyl adjacent to an activating group) is 1. The van der Waals surface area contributed by atoms with Gasteiger partial charge >= 0.3 is 0 Å². The van der Waals surface area contributed by atoms with Crippen molar-refractivity contribution in [2.75, 3.05) is 33.8 Å². The lowest BCUT2D eigenvalue weighted by molar-refractivity contribution is 0.0962. The van der Waals surface area contributed by atoms with Crippen molar-refractivity contribution in [1.29, 1.82) is 0 Å². The fourth-order valence-electron chi connectivity index (χ4n) is 2.71. The Kier molecular flexibility index (Phi) is 5.42. The Balaban J connectivity index is 1.53. The summed E-state index contributed by atoms with van der Waals surface area (Å²) in [4.78, 5) is 7.34. The van der Waals surface area contributed by atoms with Crippen molar-refractivity contribution in [2.45, 2.75) is 33.2 Å². The zero-order valence-electron chi connectivity index (χ0n) is 14.2. The fourth-order valence-corrected chi connectivity index (χ4v) is 3.64. The van der Waals surface area contributed by atoms with Crippen LogP contribution in [0.5, 0.6) is 0 Å². The van der Waals surface area contributed by atoms with E-state index >= 15 is 0 Å². The van der Waals surface area contributed by atoms with Crippen LogP contribution in [0, 0.1) is 6.92 Å². The van der Waals surface area contributed by atoms with Gasteiger partial charge in [-0.3, -0.25) is 4.90 Å². The molecule has 23 heavy (non-hydrogen) atoms. The van der Waals surface area contributed by atoms with E-state index in [4.69, 9.17) is 4.74 Å². The van der Waals surface area contributed by atoms with Crippen molar-refractivity contribution >= 4 is 11.3 Å². The van der Waals surface area contributed by atoms with Gasteiger partial charge in [-0.25, -0.2) is 0 Å². The van der Waals surface area contributed by atoms with Gasteiger partial charge in [0, 0.05) is 35.9 Å². The first-order valence-corrected chi connectivity index (χ1v) is 8.84. The van der Waals surface area contributed by atoms with Crippen LogP contribution in [0.25, 0.3) is 0 Å². The molecule has 2 aromatic rings. The molecule has 0 spiro atoms. The van der Waals surface area contributed by atoms with E-state index in [1.807, 2.05) is 25.4 Å². The standard InChI is InChI=1S/C16H25N5OS/c1-13-4-5-14(23-13)10-20-6-7-21-15(11-20)17-18-16(21)12-22-9-8-19(2)3/h4-5H,6-12H2,1-3H3. The number of fused-ring (bicyclic) bond motifs is 1. The largest absolute Gasteiger partial charge is 0.372 e. The molecule has 3 heterocycles. The summed E-state index contributed by atoms with van der Waals surface area (Å²) in [5.74, 6) is 2.00. The second-order valence-electron chi connectivity index (χ2n) is 6.26. The Morgan fingerprint density at radius 2 is 2.13 bits per heavy atom. The van der Waals surface area contributed by atoms with Gasteiger partial charge in [-0.2, -0.15) is 0 Å². The van der Waals surface area contributed by atoms with Crippen LogP contribution in [0.1, 0.15) is 21.4 Å². The van der Waals surface area contributed by atoms with Crippen LogP contribution < -0.4 is 0 Å². The smallest absolute Gasteiger partial charge is 0.159 e. The molecular weight excluding hydrogens is 310 g/mol. The van der Waals surface area contributed by atoms with E-state index in [9.17, 15) is 0 Å². The van der Waals surface area contributed by atoms with Crippen LogP contribution in [0.2, 0.25) is 0 Å². The molecule has 126 valence electrons. The zero-order chi connectivity index (χ0) is 16.2. The van der Waals surface area contributed by atoms with Crippen molar-refractivity contribution in [1.82, 2.24) is 24.6 Å². The highest BCUT2D eigenvalue weighted by Gasteiger charge is 2.21. The number of hydrogen-bond acceptors (Lipinski definition) is 6. The van der Waals surface area contributed by atoms with Crippen molar-refractivity contribution in [2.24, 2.45) is 0 Å². The van der Waals surface area contributed by atoms with Gasteiger partial charge in [-0.15, -0.1) is 21.5 Å². The maximum absolute atomic E-state index is 5.70. The van der Waals surface area contributed by atoms with Gasteiger partial charge in [0.1, 0.15) is 12.4 Å². The fraction of sp³-hybridized carbons (Fsp3) is 0.625. The number of hydrogen-bond donors (Lipinski definition) is 0. The first kappa shape index (κ1) is 16.6. The molecule has 0 radical (unpaired) electrons. The molecule has 0 N–H and O–H groups in total.